The Morgan fingerprint density at radius 2 is 2.00 bits per heavy atom. The zero-order valence-corrected chi connectivity index (χ0v) is 13.2. The second-order valence-corrected chi connectivity index (χ2v) is 6.23. The molecule has 3 rings (SSSR count). The normalized spacial score (nSPS) is 21.0. The second kappa shape index (κ2) is 5.88. The lowest BCUT2D eigenvalue weighted by Gasteiger charge is -2.30. The fourth-order valence-electron chi connectivity index (χ4n) is 3.04. The summed E-state index contributed by atoms with van der Waals surface area (Å²) in [6.45, 7) is 0. The van der Waals surface area contributed by atoms with Gasteiger partial charge in [0.15, 0.2) is 0 Å². The van der Waals surface area contributed by atoms with Crippen LogP contribution in [-0.2, 0) is 6.42 Å². The molecule has 0 aromatic heterocycles. The second-order valence-electron chi connectivity index (χ2n) is 5.39. The van der Waals surface area contributed by atoms with Crippen molar-refractivity contribution in [1.82, 2.24) is 0 Å². The molecule has 2 nitrogen and oxygen atoms in total. The molecule has 1 N–H and O–H groups in total. The van der Waals surface area contributed by atoms with Crippen LogP contribution in [0.1, 0.15) is 29.0 Å². The predicted octanol–water partition coefficient (Wildman–Crippen LogP) is 4.44. The molecule has 0 amide bonds. The van der Waals surface area contributed by atoms with Gasteiger partial charge in [0.1, 0.15) is 5.75 Å². The number of hydrogen-bond donors (Lipinski definition) is 1. The van der Waals surface area contributed by atoms with Crippen LogP contribution in [0.4, 0.5) is 0 Å². The highest BCUT2D eigenvalue weighted by atomic mass is 35.5. The van der Waals surface area contributed by atoms with Crippen molar-refractivity contribution in [2.75, 3.05) is 7.11 Å². The van der Waals surface area contributed by atoms with Crippen LogP contribution in [0.3, 0.4) is 0 Å². The Morgan fingerprint density at radius 1 is 1.19 bits per heavy atom. The third-order valence-electron chi connectivity index (χ3n) is 4.00. The minimum atomic E-state index is -0.369. The fourth-order valence-corrected chi connectivity index (χ4v) is 3.51. The van der Waals surface area contributed by atoms with Crippen molar-refractivity contribution in [1.29, 1.82) is 0 Å². The Morgan fingerprint density at radius 3 is 2.71 bits per heavy atom. The summed E-state index contributed by atoms with van der Waals surface area (Å²) in [4.78, 5) is 0. The van der Waals surface area contributed by atoms with Gasteiger partial charge in [0.05, 0.1) is 18.2 Å². The van der Waals surface area contributed by atoms with Crippen LogP contribution in [-0.4, -0.2) is 18.3 Å². The van der Waals surface area contributed by atoms with E-state index in [1.165, 1.54) is 0 Å². The molecule has 4 heteroatoms. The summed E-state index contributed by atoms with van der Waals surface area (Å²) >= 11 is 12.3. The van der Waals surface area contributed by atoms with E-state index >= 15 is 0 Å². The number of rotatable bonds is 2. The van der Waals surface area contributed by atoms with Gasteiger partial charge in [-0.3, -0.25) is 0 Å². The largest absolute Gasteiger partial charge is 0.495 e. The fraction of sp³-hybridized carbons (Fsp3) is 0.294. The van der Waals surface area contributed by atoms with Crippen molar-refractivity contribution in [2.45, 2.75) is 24.9 Å². The van der Waals surface area contributed by atoms with E-state index in [1.807, 2.05) is 36.4 Å². The van der Waals surface area contributed by atoms with Gasteiger partial charge in [0, 0.05) is 10.9 Å². The first-order valence-electron chi connectivity index (χ1n) is 6.88. The SMILES string of the molecule is COc1cc2c(cc1Cl)C[C@@H](O)C[C@@H]2c1cccc(Cl)c1. The lowest BCUT2D eigenvalue weighted by atomic mass is 9.77. The summed E-state index contributed by atoms with van der Waals surface area (Å²) in [5.41, 5.74) is 3.33. The average Bonchev–Trinajstić information content (AvgIpc) is 2.45. The van der Waals surface area contributed by atoms with Crippen LogP contribution in [0.2, 0.25) is 10.0 Å². The van der Waals surface area contributed by atoms with Crippen LogP contribution in [0, 0.1) is 0 Å². The highest BCUT2D eigenvalue weighted by molar-refractivity contribution is 6.32. The van der Waals surface area contributed by atoms with Crippen LogP contribution in [0.15, 0.2) is 36.4 Å². The summed E-state index contributed by atoms with van der Waals surface area (Å²) in [5.74, 6) is 0.771. The average molecular weight is 323 g/mol. The number of aliphatic hydroxyl groups is 1. The first-order valence-corrected chi connectivity index (χ1v) is 7.64. The molecule has 0 bridgehead atoms. The highest BCUT2D eigenvalue weighted by Crippen LogP contribution is 2.41. The van der Waals surface area contributed by atoms with E-state index in [0.29, 0.717) is 28.6 Å². The molecule has 2 aromatic carbocycles. The number of benzene rings is 2. The number of aliphatic hydroxyl groups excluding tert-OH is 1. The van der Waals surface area contributed by atoms with Crippen LogP contribution >= 0.6 is 23.2 Å². The summed E-state index contributed by atoms with van der Waals surface area (Å²) in [6.07, 6.45) is 0.930. The lowest BCUT2D eigenvalue weighted by molar-refractivity contribution is 0.152. The molecule has 1 aliphatic rings. The monoisotopic (exact) mass is 322 g/mol. The van der Waals surface area contributed by atoms with Crippen molar-refractivity contribution in [3.05, 3.63) is 63.1 Å². The Bertz CT molecular complexity index is 670. The lowest BCUT2D eigenvalue weighted by Crippen LogP contribution is -2.23. The quantitative estimate of drug-likeness (QED) is 0.885. The molecule has 0 saturated heterocycles. The summed E-state index contributed by atoms with van der Waals surface area (Å²) in [6, 6.07) is 11.7. The van der Waals surface area contributed by atoms with Crippen LogP contribution in [0.5, 0.6) is 5.75 Å². The molecular weight excluding hydrogens is 307 g/mol. The molecule has 0 aliphatic heterocycles. The highest BCUT2D eigenvalue weighted by Gasteiger charge is 2.28. The van der Waals surface area contributed by atoms with Gasteiger partial charge in [-0.1, -0.05) is 35.3 Å². The van der Waals surface area contributed by atoms with Crippen molar-refractivity contribution >= 4 is 23.2 Å². The number of methoxy groups -OCH3 is 1. The van der Waals surface area contributed by atoms with E-state index in [2.05, 4.69) is 0 Å². The molecule has 2 aromatic rings. The Hall–Kier alpha value is -1.22. The topological polar surface area (TPSA) is 29.5 Å². The Kier molecular flexibility index (Phi) is 4.12. The third-order valence-corrected chi connectivity index (χ3v) is 4.53. The number of fused-ring (bicyclic) bond motifs is 1. The molecule has 0 spiro atoms. The van der Waals surface area contributed by atoms with E-state index in [-0.39, 0.29) is 12.0 Å². The number of ether oxygens (including phenoxy) is 1. The minimum absolute atomic E-state index is 0.105. The number of hydrogen-bond acceptors (Lipinski definition) is 2. The maximum Gasteiger partial charge on any atom is 0.137 e. The maximum absolute atomic E-state index is 10.2. The molecule has 0 radical (unpaired) electrons. The van der Waals surface area contributed by atoms with Crippen molar-refractivity contribution in [3.8, 4) is 5.75 Å². The molecule has 2 atom stereocenters. The smallest absolute Gasteiger partial charge is 0.137 e. The number of halogens is 2. The molecular formula is C17H16Cl2O2. The molecule has 0 saturated carbocycles. The molecule has 1 aliphatic carbocycles. The minimum Gasteiger partial charge on any atom is -0.495 e. The molecule has 21 heavy (non-hydrogen) atoms. The molecule has 0 unspecified atom stereocenters. The Balaban J connectivity index is 2.12. The van der Waals surface area contributed by atoms with Gasteiger partial charge in [-0.05, 0) is 53.8 Å². The van der Waals surface area contributed by atoms with Crippen molar-refractivity contribution in [2.24, 2.45) is 0 Å². The van der Waals surface area contributed by atoms with Gasteiger partial charge >= 0.3 is 0 Å². The predicted molar refractivity (Wildman–Crippen MR) is 85.6 cm³/mol. The molecule has 0 heterocycles. The van der Waals surface area contributed by atoms with Crippen molar-refractivity contribution in [3.63, 3.8) is 0 Å². The van der Waals surface area contributed by atoms with Crippen LogP contribution < -0.4 is 4.74 Å². The molecule has 110 valence electrons. The van der Waals surface area contributed by atoms with Gasteiger partial charge in [0.2, 0.25) is 0 Å². The van der Waals surface area contributed by atoms with Gasteiger partial charge in [0.25, 0.3) is 0 Å². The maximum atomic E-state index is 10.2. The zero-order valence-electron chi connectivity index (χ0n) is 11.6. The zero-order chi connectivity index (χ0) is 15.0. The standard InChI is InChI=1S/C17H16Cl2O2/c1-21-17-9-15-11(7-16(17)19)6-13(20)8-14(15)10-3-2-4-12(18)5-10/h2-5,7,9,13-14,20H,6,8H2,1H3/t13-,14-/m1/s1. The third kappa shape index (κ3) is 2.89. The first-order chi connectivity index (χ1) is 10.1. The van der Waals surface area contributed by atoms with Gasteiger partial charge in [-0.2, -0.15) is 0 Å². The summed E-state index contributed by atoms with van der Waals surface area (Å²) in [7, 11) is 1.61. The van der Waals surface area contributed by atoms with Gasteiger partial charge < -0.3 is 9.84 Å². The molecule has 0 fully saturated rings. The van der Waals surface area contributed by atoms with E-state index in [9.17, 15) is 5.11 Å². The van der Waals surface area contributed by atoms with Gasteiger partial charge in [-0.25, -0.2) is 0 Å². The van der Waals surface area contributed by atoms with E-state index in [1.54, 1.807) is 7.11 Å². The van der Waals surface area contributed by atoms with E-state index in [4.69, 9.17) is 27.9 Å². The van der Waals surface area contributed by atoms with E-state index in [0.717, 1.165) is 16.7 Å². The Labute approximate surface area is 134 Å². The first kappa shape index (κ1) is 14.7. The van der Waals surface area contributed by atoms with Gasteiger partial charge in [-0.15, -0.1) is 0 Å². The van der Waals surface area contributed by atoms with Crippen LogP contribution in [0.25, 0.3) is 0 Å². The summed E-state index contributed by atoms with van der Waals surface area (Å²) in [5, 5.41) is 11.4. The van der Waals surface area contributed by atoms with Crippen molar-refractivity contribution < 1.29 is 9.84 Å². The van der Waals surface area contributed by atoms with E-state index < -0.39 is 0 Å². The summed E-state index contributed by atoms with van der Waals surface area (Å²) < 4.78 is 5.33.